The highest BCUT2D eigenvalue weighted by molar-refractivity contribution is 5.72. The lowest BCUT2D eigenvalue weighted by atomic mass is 9.76. The highest BCUT2D eigenvalue weighted by Crippen LogP contribution is 2.40. The summed E-state index contributed by atoms with van der Waals surface area (Å²) < 4.78 is 5.56. The molecule has 1 spiro atoms. The normalized spacial score (nSPS) is 28.2. The van der Waals surface area contributed by atoms with Crippen LogP contribution in [-0.4, -0.2) is 41.3 Å². The zero-order valence-corrected chi connectivity index (χ0v) is 10.7. The van der Waals surface area contributed by atoms with E-state index < -0.39 is 0 Å². The van der Waals surface area contributed by atoms with Gasteiger partial charge in [-0.15, -0.1) is 0 Å². The van der Waals surface area contributed by atoms with Crippen LogP contribution >= 0.6 is 0 Å². The van der Waals surface area contributed by atoms with Crippen molar-refractivity contribution in [3.05, 3.63) is 0 Å². The van der Waals surface area contributed by atoms with E-state index in [0.717, 1.165) is 25.9 Å². The first kappa shape index (κ1) is 11.7. The van der Waals surface area contributed by atoms with Crippen LogP contribution in [-0.2, 0) is 4.74 Å². The maximum Gasteiger partial charge on any atom is 0.408 e. The second kappa shape index (κ2) is 3.62. The molecule has 0 unspecified atom stereocenters. The summed E-state index contributed by atoms with van der Waals surface area (Å²) >= 11 is 0. The molecule has 2 fully saturated rings. The number of likely N-dealkylation sites (tertiary alicyclic amines) is 1. The molecule has 4 nitrogen and oxygen atoms in total. The highest BCUT2D eigenvalue weighted by atomic mass is 16.6. The first-order valence-electron chi connectivity index (χ1n) is 6.11. The van der Waals surface area contributed by atoms with Gasteiger partial charge in [0, 0.05) is 32.0 Å². The summed E-state index contributed by atoms with van der Waals surface area (Å²) in [6.45, 7) is 10.6. The quantitative estimate of drug-likeness (QED) is 0.740. The zero-order valence-electron chi connectivity index (χ0n) is 10.7. The predicted octanol–water partition coefficient (Wildman–Crippen LogP) is 1.75. The third kappa shape index (κ3) is 1.69. The van der Waals surface area contributed by atoms with Gasteiger partial charge in [-0.25, -0.2) is 4.79 Å². The molecule has 0 aromatic carbocycles. The van der Waals surface area contributed by atoms with Gasteiger partial charge in [0.2, 0.25) is 0 Å². The summed E-state index contributed by atoms with van der Waals surface area (Å²) in [7, 11) is 0. The Labute approximate surface area is 97.3 Å². The van der Waals surface area contributed by atoms with E-state index >= 15 is 0 Å². The van der Waals surface area contributed by atoms with Crippen molar-refractivity contribution in [3.8, 4) is 0 Å². The van der Waals surface area contributed by atoms with Crippen molar-refractivity contribution >= 4 is 6.09 Å². The minimum absolute atomic E-state index is 0.243. The molecular weight excluding hydrogens is 204 g/mol. The number of nitrogens with one attached hydrogen (secondary N) is 1. The van der Waals surface area contributed by atoms with E-state index in [1.54, 1.807) is 0 Å². The van der Waals surface area contributed by atoms with Gasteiger partial charge in [0.25, 0.3) is 0 Å². The largest absolute Gasteiger partial charge is 0.440 e. The summed E-state index contributed by atoms with van der Waals surface area (Å²) in [4.78, 5) is 13.8. The van der Waals surface area contributed by atoms with E-state index in [4.69, 9.17) is 4.74 Å². The maximum absolute atomic E-state index is 11.4. The smallest absolute Gasteiger partial charge is 0.408 e. The molecule has 1 amide bonds. The Morgan fingerprint density at radius 2 is 1.88 bits per heavy atom. The number of amides is 1. The van der Waals surface area contributed by atoms with Gasteiger partial charge in [-0.1, -0.05) is 0 Å². The van der Waals surface area contributed by atoms with Crippen molar-refractivity contribution in [2.45, 2.75) is 57.7 Å². The Morgan fingerprint density at radius 1 is 1.31 bits per heavy atom. The monoisotopic (exact) mass is 226 g/mol. The molecule has 2 aliphatic heterocycles. The maximum atomic E-state index is 11.4. The minimum atomic E-state index is -0.296. The summed E-state index contributed by atoms with van der Waals surface area (Å²) in [6.07, 6.45) is 1.59. The molecule has 0 aromatic heterocycles. The molecule has 2 aliphatic rings. The van der Waals surface area contributed by atoms with Crippen molar-refractivity contribution in [2.24, 2.45) is 0 Å². The van der Waals surface area contributed by atoms with Crippen LogP contribution in [0.25, 0.3) is 0 Å². The van der Waals surface area contributed by atoms with Gasteiger partial charge in [0.1, 0.15) is 5.60 Å². The molecule has 0 atom stereocenters. The van der Waals surface area contributed by atoms with Crippen molar-refractivity contribution in [3.63, 3.8) is 0 Å². The highest BCUT2D eigenvalue weighted by Gasteiger charge is 2.55. The molecule has 2 saturated heterocycles. The number of carbonyl (C=O) groups excluding carboxylic acids is 1. The first-order valence-corrected chi connectivity index (χ1v) is 6.11. The molecule has 0 aliphatic carbocycles. The zero-order chi connectivity index (χ0) is 12.0. The fraction of sp³-hybridized carbons (Fsp3) is 0.917. The lowest BCUT2D eigenvalue weighted by molar-refractivity contribution is -0.0457. The fourth-order valence-electron chi connectivity index (χ4n) is 2.83. The lowest BCUT2D eigenvalue weighted by Gasteiger charge is -2.45. The molecule has 0 saturated carbocycles. The molecule has 2 heterocycles. The van der Waals surface area contributed by atoms with E-state index in [-0.39, 0.29) is 17.2 Å². The Hall–Kier alpha value is -0.770. The van der Waals surface area contributed by atoms with Crippen LogP contribution < -0.4 is 5.32 Å². The number of carbonyl (C=O) groups is 1. The number of hydrogen-bond donors (Lipinski definition) is 1. The van der Waals surface area contributed by atoms with Gasteiger partial charge in [-0.05, 0) is 27.7 Å². The number of nitrogens with zero attached hydrogens (tertiary/aromatic N) is 1. The molecular formula is C12H22N2O2. The van der Waals surface area contributed by atoms with Crippen molar-refractivity contribution in [2.75, 3.05) is 13.1 Å². The summed E-state index contributed by atoms with van der Waals surface area (Å²) in [6, 6.07) is 0.575. The van der Waals surface area contributed by atoms with Crippen LogP contribution in [0.1, 0.15) is 40.5 Å². The van der Waals surface area contributed by atoms with E-state index in [1.807, 2.05) is 0 Å². The van der Waals surface area contributed by atoms with Gasteiger partial charge < -0.3 is 15.0 Å². The Kier molecular flexibility index (Phi) is 2.65. The molecule has 0 aromatic rings. The van der Waals surface area contributed by atoms with Crippen molar-refractivity contribution in [1.82, 2.24) is 10.2 Å². The number of rotatable bonds is 1. The molecule has 16 heavy (non-hydrogen) atoms. The number of hydrogen-bond acceptors (Lipinski definition) is 3. The van der Waals surface area contributed by atoms with E-state index in [0.29, 0.717) is 6.04 Å². The molecule has 1 N–H and O–H groups in total. The van der Waals surface area contributed by atoms with Gasteiger partial charge in [0.15, 0.2) is 0 Å². The Bertz CT molecular complexity index is 291. The minimum Gasteiger partial charge on any atom is -0.440 e. The van der Waals surface area contributed by atoms with Crippen molar-refractivity contribution < 1.29 is 9.53 Å². The summed E-state index contributed by atoms with van der Waals surface area (Å²) in [5.74, 6) is 0. The third-order valence-electron chi connectivity index (χ3n) is 4.18. The average Bonchev–Trinajstić information content (AvgIpc) is 2.37. The van der Waals surface area contributed by atoms with Crippen LogP contribution in [0.5, 0.6) is 0 Å². The predicted molar refractivity (Wildman–Crippen MR) is 62.4 cm³/mol. The van der Waals surface area contributed by atoms with Crippen LogP contribution in [0.3, 0.4) is 0 Å². The van der Waals surface area contributed by atoms with Gasteiger partial charge in [0.05, 0.1) is 5.54 Å². The second-order valence-corrected chi connectivity index (χ2v) is 5.76. The standard InChI is InChI=1S/C12H22N2O2/c1-9(2)14-7-5-12(6-8-14)11(3,4)13-10(15)16-12/h9H,5-8H2,1-4H3,(H,13,15). The number of ether oxygens (including phenoxy) is 1. The third-order valence-corrected chi connectivity index (χ3v) is 4.18. The van der Waals surface area contributed by atoms with E-state index in [1.165, 1.54) is 0 Å². The second-order valence-electron chi connectivity index (χ2n) is 5.76. The molecule has 0 bridgehead atoms. The topological polar surface area (TPSA) is 41.6 Å². The molecule has 4 heteroatoms. The van der Waals surface area contributed by atoms with Crippen molar-refractivity contribution in [1.29, 1.82) is 0 Å². The molecule has 2 rings (SSSR count). The van der Waals surface area contributed by atoms with Gasteiger partial charge >= 0.3 is 6.09 Å². The van der Waals surface area contributed by atoms with Gasteiger partial charge in [-0.2, -0.15) is 0 Å². The van der Waals surface area contributed by atoms with Crippen LogP contribution in [0.2, 0.25) is 0 Å². The summed E-state index contributed by atoms with van der Waals surface area (Å²) in [5.41, 5.74) is -0.539. The van der Waals surface area contributed by atoms with E-state index in [9.17, 15) is 4.79 Å². The number of alkyl carbamates (subject to hydrolysis) is 1. The fourth-order valence-corrected chi connectivity index (χ4v) is 2.83. The average molecular weight is 226 g/mol. The first-order chi connectivity index (χ1) is 7.36. The van der Waals surface area contributed by atoms with Crippen LogP contribution in [0, 0.1) is 0 Å². The Balaban J connectivity index is 2.09. The SMILES string of the molecule is CC(C)N1CCC2(CC1)OC(=O)NC2(C)C. The number of piperidine rings is 1. The molecule has 0 radical (unpaired) electrons. The Morgan fingerprint density at radius 3 is 2.25 bits per heavy atom. The van der Waals surface area contributed by atoms with E-state index in [2.05, 4.69) is 37.9 Å². The molecule has 92 valence electrons. The lowest BCUT2D eigenvalue weighted by Crippen LogP contribution is -2.58. The summed E-state index contributed by atoms with van der Waals surface area (Å²) in [5, 5.41) is 2.92. The van der Waals surface area contributed by atoms with Gasteiger partial charge in [-0.3, -0.25) is 0 Å². The van der Waals surface area contributed by atoms with Crippen LogP contribution in [0.15, 0.2) is 0 Å². The van der Waals surface area contributed by atoms with Crippen LogP contribution in [0.4, 0.5) is 4.79 Å².